The van der Waals surface area contributed by atoms with Crippen LogP contribution in [0.3, 0.4) is 0 Å². The Balaban J connectivity index is 2.25. The molecule has 2 aromatic carbocycles. The Morgan fingerprint density at radius 1 is 1.08 bits per heavy atom. The predicted octanol–water partition coefficient (Wildman–Crippen LogP) is 3.33. The zero-order valence-electron chi connectivity index (χ0n) is 12.9. The summed E-state index contributed by atoms with van der Waals surface area (Å²) in [4.78, 5) is 11.6. The first-order valence-electron chi connectivity index (χ1n) is 7.24. The first kappa shape index (κ1) is 17.8. The van der Waals surface area contributed by atoms with Crippen LogP contribution in [-0.2, 0) is 16.0 Å². The Labute approximate surface area is 137 Å². The maximum Gasteiger partial charge on any atom is 0.323 e. The summed E-state index contributed by atoms with van der Waals surface area (Å²) in [6, 6.07) is 5.34. The molecule has 2 N–H and O–H groups in total. The van der Waals surface area contributed by atoms with Gasteiger partial charge in [0.25, 0.3) is 0 Å². The van der Waals surface area contributed by atoms with Crippen molar-refractivity contribution in [3.05, 3.63) is 59.4 Å². The van der Waals surface area contributed by atoms with Crippen LogP contribution < -0.4 is 10.5 Å². The Bertz CT molecular complexity index is 737. The molecule has 0 aliphatic rings. The zero-order valence-corrected chi connectivity index (χ0v) is 12.9. The normalized spacial score (nSPS) is 11.9. The summed E-state index contributed by atoms with van der Waals surface area (Å²) < 4.78 is 50.3. The average molecular weight is 339 g/mol. The maximum atomic E-state index is 13.7. The molecule has 0 radical (unpaired) electrons. The summed E-state index contributed by atoms with van der Waals surface area (Å²) in [5.74, 6) is -2.97. The molecule has 0 aliphatic carbocycles. The minimum atomic E-state index is -1.02. The first-order valence-corrected chi connectivity index (χ1v) is 7.24. The van der Waals surface area contributed by atoms with Gasteiger partial charge in [0, 0.05) is 12.5 Å². The SMILES string of the molecule is CCOC(=O)C(N)Cc1cc(F)ccc1Oc1ccc(F)cc1F. The Kier molecular flexibility index (Phi) is 5.81. The van der Waals surface area contributed by atoms with Crippen LogP contribution in [0.1, 0.15) is 12.5 Å². The standard InChI is InChI=1S/C17H16F3NO3/c1-2-23-17(22)14(21)8-10-7-11(18)3-5-15(10)24-16-6-4-12(19)9-13(16)20/h3-7,9,14H,2,8,21H2,1H3. The second kappa shape index (κ2) is 7.83. The van der Waals surface area contributed by atoms with E-state index in [4.69, 9.17) is 15.2 Å². The van der Waals surface area contributed by atoms with E-state index in [9.17, 15) is 18.0 Å². The van der Waals surface area contributed by atoms with Gasteiger partial charge in [-0.2, -0.15) is 0 Å². The van der Waals surface area contributed by atoms with Crippen LogP contribution in [0.2, 0.25) is 0 Å². The molecule has 0 fully saturated rings. The molecule has 1 atom stereocenters. The van der Waals surface area contributed by atoms with E-state index in [-0.39, 0.29) is 30.1 Å². The van der Waals surface area contributed by atoms with Crippen molar-refractivity contribution >= 4 is 5.97 Å². The molecular weight excluding hydrogens is 323 g/mol. The molecule has 0 saturated heterocycles. The summed E-state index contributed by atoms with van der Waals surface area (Å²) in [5.41, 5.74) is 5.98. The topological polar surface area (TPSA) is 61.5 Å². The van der Waals surface area contributed by atoms with Crippen LogP contribution in [0.4, 0.5) is 13.2 Å². The summed E-state index contributed by atoms with van der Waals surface area (Å²) in [5, 5.41) is 0. The van der Waals surface area contributed by atoms with Crippen LogP contribution in [0.5, 0.6) is 11.5 Å². The van der Waals surface area contributed by atoms with Gasteiger partial charge < -0.3 is 15.2 Å². The molecule has 0 amide bonds. The number of rotatable bonds is 6. The number of esters is 1. The second-order valence-electron chi connectivity index (χ2n) is 4.99. The number of halogens is 3. The molecule has 0 heterocycles. The first-order chi connectivity index (χ1) is 11.4. The molecule has 128 valence electrons. The van der Waals surface area contributed by atoms with Crippen molar-refractivity contribution in [2.24, 2.45) is 5.73 Å². The molecule has 0 aliphatic heterocycles. The van der Waals surface area contributed by atoms with Crippen molar-refractivity contribution in [1.82, 2.24) is 0 Å². The van der Waals surface area contributed by atoms with Gasteiger partial charge in [0.2, 0.25) is 0 Å². The second-order valence-corrected chi connectivity index (χ2v) is 4.99. The molecule has 2 aromatic rings. The van der Waals surface area contributed by atoms with Crippen LogP contribution >= 0.6 is 0 Å². The van der Waals surface area contributed by atoms with E-state index in [1.807, 2.05) is 0 Å². The van der Waals surface area contributed by atoms with Crippen LogP contribution in [0.15, 0.2) is 36.4 Å². The van der Waals surface area contributed by atoms with Gasteiger partial charge in [-0.25, -0.2) is 13.2 Å². The lowest BCUT2D eigenvalue weighted by atomic mass is 10.1. The lowest BCUT2D eigenvalue weighted by Crippen LogP contribution is -2.34. The molecule has 0 aromatic heterocycles. The van der Waals surface area contributed by atoms with Gasteiger partial charge in [-0.1, -0.05) is 0 Å². The number of nitrogens with two attached hydrogens (primary N) is 1. The van der Waals surface area contributed by atoms with E-state index in [2.05, 4.69) is 0 Å². The average Bonchev–Trinajstić information content (AvgIpc) is 2.52. The van der Waals surface area contributed by atoms with E-state index >= 15 is 0 Å². The Hall–Kier alpha value is -2.54. The lowest BCUT2D eigenvalue weighted by molar-refractivity contribution is -0.144. The summed E-state index contributed by atoms with van der Waals surface area (Å²) in [6.45, 7) is 1.80. The molecule has 7 heteroatoms. The van der Waals surface area contributed by atoms with Gasteiger partial charge in [0.05, 0.1) is 6.61 Å². The number of carbonyl (C=O) groups is 1. The third-order valence-electron chi connectivity index (χ3n) is 3.17. The minimum absolute atomic E-state index is 0.0608. The molecule has 24 heavy (non-hydrogen) atoms. The number of benzene rings is 2. The highest BCUT2D eigenvalue weighted by Gasteiger charge is 2.19. The monoisotopic (exact) mass is 339 g/mol. The van der Waals surface area contributed by atoms with E-state index in [0.29, 0.717) is 6.07 Å². The Morgan fingerprint density at radius 3 is 2.33 bits per heavy atom. The third-order valence-corrected chi connectivity index (χ3v) is 3.17. The van der Waals surface area contributed by atoms with Crippen LogP contribution in [0, 0.1) is 17.5 Å². The van der Waals surface area contributed by atoms with Gasteiger partial charge in [-0.15, -0.1) is 0 Å². The summed E-state index contributed by atoms with van der Waals surface area (Å²) >= 11 is 0. The fourth-order valence-corrected chi connectivity index (χ4v) is 2.05. The van der Waals surface area contributed by atoms with Crippen molar-refractivity contribution in [2.75, 3.05) is 6.61 Å². The largest absolute Gasteiger partial charge is 0.465 e. The molecule has 0 spiro atoms. The molecular formula is C17H16F3NO3. The fraction of sp³-hybridized carbons (Fsp3) is 0.235. The van der Waals surface area contributed by atoms with Gasteiger partial charge in [0.1, 0.15) is 23.4 Å². The zero-order chi connectivity index (χ0) is 17.7. The highest BCUT2D eigenvalue weighted by molar-refractivity contribution is 5.76. The number of ether oxygens (including phenoxy) is 2. The quantitative estimate of drug-likeness (QED) is 0.820. The minimum Gasteiger partial charge on any atom is -0.465 e. The van der Waals surface area contributed by atoms with Gasteiger partial charge in [-0.05, 0) is 42.8 Å². The highest BCUT2D eigenvalue weighted by atomic mass is 19.1. The molecule has 1 unspecified atom stereocenters. The van der Waals surface area contributed by atoms with Crippen molar-refractivity contribution in [3.63, 3.8) is 0 Å². The Morgan fingerprint density at radius 2 is 1.71 bits per heavy atom. The van der Waals surface area contributed by atoms with Crippen LogP contribution in [-0.4, -0.2) is 18.6 Å². The molecule has 4 nitrogen and oxygen atoms in total. The summed E-state index contributed by atoms with van der Waals surface area (Å²) in [7, 11) is 0. The maximum absolute atomic E-state index is 13.7. The molecule has 2 rings (SSSR count). The van der Waals surface area contributed by atoms with E-state index in [1.54, 1.807) is 6.92 Å². The third kappa shape index (κ3) is 4.48. The number of hydrogen-bond acceptors (Lipinski definition) is 4. The van der Waals surface area contributed by atoms with Crippen molar-refractivity contribution in [2.45, 2.75) is 19.4 Å². The van der Waals surface area contributed by atoms with E-state index in [1.165, 1.54) is 6.07 Å². The molecule has 0 bridgehead atoms. The van der Waals surface area contributed by atoms with Crippen LogP contribution in [0.25, 0.3) is 0 Å². The molecule has 0 saturated carbocycles. The predicted molar refractivity (Wildman–Crippen MR) is 81.1 cm³/mol. The van der Waals surface area contributed by atoms with Crippen molar-refractivity contribution in [1.29, 1.82) is 0 Å². The smallest absolute Gasteiger partial charge is 0.323 e. The van der Waals surface area contributed by atoms with E-state index in [0.717, 1.165) is 24.3 Å². The van der Waals surface area contributed by atoms with Gasteiger partial charge in [0.15, 0.2) is 11.6 Å². The number of carbonyl (C=O) groups excluding carboxylic acids is 1. The fourth-order valence-electron chi connectivity index (χ4n) is 2.05. The van der Waals surface area contributed by atoms with Crippen molar-refractivity contribution < 1.29 is 27.4 Å². The van der Waals surface area contributed by atoms with Gasteiger partial charge >= 0.3 is 5.97 Å². The summed E-state index contributed by atoms with van der Waals surface area (Å²) in [6.07, 6.45) is -0.0608. The number of hydrogen-bond donors (Lipinski definition) is 1. The lowest BCUT2D eigenvalue weighted by Gasteiger charge is -2.15. The van der Waals surface area contributed by atoms with Gasteiger partial charge in [-0.3, -0.25) is 4.79 Å². The van der Waals surface area contributed by atoms with E-state index < -0.39 is 29.5 Å². The highest BCUT2D eigenvalue weighted by Crippen LogP contribution is 2.29. The van der Waals surface area contributed by atoms with Crippen molar-refractivity contribution in [3.8, 4) is 11.5 Å².